The number of methoxy groups -OCH3 is 1. The van der Waals surface area contributed by atoms with Crippen LogP contribution in [-0.4, -0.2) is 59.8 Å². The Labute approximate surface area is 117 Å². The number of hydrogen-bond donors (Lipinski definition) is 2. The van der Waals surface area contributed by atoms with E-state index in [0.717, 1.165) is 6.42 Å². The molecule has 1 unspecified atom stereocenters. The molecule has 0 bridgehead atoms. The monoisotopic (exact) mass is 280 g/mol. The van der Waals surface area contributed by atoms with Crippen LogP contribution in [0.2, 0.25) is 0 Å². The predicted molar refractivity (Wildman–Crippen MR) is 72.3 cm³/mol. The lowest BCUT2D eigenvalue weighted by molar-refractivity contribution is -0.133. The highest BCUT2D eigenvalue weighted by atomic mass is 16.5. The number of nitrogens with one attached hydrogen (secondary N) is 2. The maximum atomic E-state index is 12.7. The molecule has 1 fully saturated rings. The van der Waals surface area contributed by atoms with Crippen molar-refractivity contribution >= 4 is 11.8 Å². The Morgan fingerprint density at radius 1 is 1.60 bits per heavy atom. The number of carbonyl (C=O) groups is 2. The van der Waals surface area contributed by atoms with Crippen molar-refractivity contribution in [2.75, 3.05) is 27.3 Å². The second-order valence-electron chi connectivity index (χ2n) is 5.01. The van der Waals surface area contributed by atoms with Crippen molar-refractivity contribution in [1.29, 1.82) is 0 Å². The van der Waals surface area contributed by atoms with Gasteiger partial charge in [0.1, 0.15) is 5.54 Å². The van der Waals surface area contributed by atoms with Crippen LogP contribution in [0.4, 0.5) is 0 Å². The first-order chi connectivity index (χ1) is 9.56. The number of amides is 2. The third-order valence-electron chi connectivity index (χ3n) is 3.83. The summed E-state index contributed by atoms with van der Waals surface area (Å²) in [5.74, 6) is -0.374. The molecule has 2 N–H and O–H groups in total. The van der Waals surface area contributed by atoms with Crippen molar-refractivity contribution in [2.24, 2.45) is 0 Å². The van der Waals surface area contributed by atoms with Crippen molar-refractivity contribution in [3.8, 4) is 0 Å². The molecule has 1 saturated heterocycles. The van der Waals surface area contributed by atoms with Crippen LogP contribution in [0.25, 0.3) is 0 Å². The fourth-order valence-electron chi connectivity index (χ4n) is 2.81. The number of nitrogens with zero attached hydrogens (tertiary/aromatic N) is 2. The zero-order valence-corrected chi connectivity index (χ0v) is 12.0. The summed E-state index contributed by atoms with van der Waals surface area (Å²) < 4.78 is 5.20. The normalized spacial score (nSPS) is 22.1. The lowest BCUT2D eigenvalue weighted by Gasteiger charge is -2.36. The van der Waals surface area contributed by atoms with Crippen LogP contribution in [0, 0.1) is 6.92 Å². The molecule has 1 aliphatic rings. The molecule has 7 heteroatoms. The molecule has 0 saturated carbocycles. The Hall–Kier alpha value is -1.89. The zero-order chi connectivity index (χ0) is 14.8. The Morgan fingerprint density at radius 2 is 2.35 bits per heavy atom. The van der Waals surface area contributed by atoms with Crippen LogP contribution < -0.4 is 5.32 Å². The quantitative estimate of drug-likeness (QED) is 0.818. The summed E-state index contributed by atoms with van der Waals surface area (Å²) in [5.41, 5.74) is 0.269. The van der Waals surface area contributed by atoms with Crippen molar-refractivity contribution in [1.82, 2.24) is 20.4 Å². The van der Waals surface area contributed by atoms with Gasteiger partial charge in [-0.15, -0.1) is 0 Å². The van der Waals surface area contributed by atoms with E-state index in [1.807, 2.05) is 0 Å². The molecule has 1 aliphatic heterocycles. The van der Waals surface area contributed by atoms with Gasteiger partial charge in [0.2, 0.25) is 5.91 Å². The van der Waals surface area contributed by atoms with Crippen molar-refractivity contribution in [2.45, 2.75) is 25.3 Å². The second-order valence-corrected chi connectivity index (χ2v) is 5.01. The molecule has 20 heavy (non-hydrogen) atoms. The molecule has 1 aromatic heterocycles. The molecule has 110 valence electrons. The summed E-state index contributed by atoms with van der Waals surface area (Å²) in [6.07, 6.45) is 2.87. The van der Waals surface area contributed by atoms with E-state index in [4.69, 9.17) is 4.74 Å². The van der Waals surface area contributed by atoms with Crippen molar-refractivity contribution < 1.29 is 14.3 Å². The summed E-state index contributed by atoms with van der Waals surface area (Å²) in [6, 6.07) is 0. The number of aryl methyl sites for hydroxylation is 1. The number of aromatic nitrogens is 2. The van der Waals surface area contributed by atoms with Gasteiger partial charge in [-0.2, -0.15) is 5.10 Å². The van der Waals surface area contributed by atoms with E-state index < -0.39 is 5.54 Å². The fraction of sp³-hybridized carbons (Fsp3) is 0.615. The van der Waals surface area contributed by atoms with Gasteiger partial charge in [0.05, 0.1) is 18.4 Å². The van der Waals surface area contributed by atoms with E-state index in [0.29, 0.717) is 24.2 Å². The van der Waals surface area contributed by atoms with Crippen LogP contribution in [0.3, 0.4) is 0 Å². The van der Waals surface area contributed by atoms with Gasteiger partial charge in [-0.1, -0.05) is 0 Å². The average molecular weight is 280 g/mol. The number of likely N-dealkylation sites (N-methyl/N-ethyl adjacent to an activating group) is 1. The molecule has 0 aliphatic carbocycles. The van der Waals surface area contributed by atoms with E-state index in [2.05, 4.69) is 15.5 Å². The number of ether oxygens (including phenoxy) is 1. The molecular formula is C13H20N4O3. The lowest BCUT2D eigenvalue weighted by Crippen LogP contribution is -2.59. The number of aromatic amines is 1. The Kier molecular flexibility index (Phi) is 4.08. The first-order valence-corrected chi connectivity index (χ1v) is 6.60. The molecule has 0 aromatic carbocycles. The first-order valence-electron chi connectivity index (χ1n) is 6.60. The summed E-state index contributed by atoms with van der Waals surface area (Å²) in [6.45, 7) is 2.52. The fourth-order valence-corrected chi connectivity index (χ4v) is 2.81. The van der Waals surface area contributed by atoms with Gasteiger partial charge in [0, 0.05) is 26.4 Å². The SMILES string of the molecule is CNC(=O)C1(COC)CCCN1C(=O)c1cn[nH]c1C. The van der Waals surface area contributed by atoms with Crippen LogP contribution in [-0.2, 0) is 9.53 Å². The molecule has 7 nitrogen and oxygen atoms in total. The second kappa shape index (κ2) is 5.62. The third-order valence-corrected chi connectivity index (χ3v) is 3.83. The first kappa shape index (κ1) is 14.5. The molecule has 2 heterocycles. The third kappa shape index (κ3) is 2.18. The Morgan fingerprint density at radius 3 is 2.90 bits per heavy atom. The van der Waals surface area contributed by atoms with Crippen LogP contribution in [0.1, 0.15) is 28.9 Å². The van der Waals surface area contributed by atoms with Gasteiger partial charge in [-0.25, -0.2) is 0 Å². The number of likely N-dealkylation sites (tertiary alicyclic amines) is 1. The smallest absolute Gasteiger partial charge is 0.258 e. The maximum Gasteiger partial charge on any atom is 0.258 e. The molecule has 1 atom stereocenters. The van der Waals surface area contributed by atoms with E-state index >= 15 is 0 Å². The van der Waals surface area contributed by atoms with Gasteiger partial charge >= 0.3 is 0 Å². The zero-order valence-electron chi connectivity index (χ0n) is 12.0. The minimum Gasteiger partial charge on any atom is -0.382 e. The summed E-state index contributed by atoms with van der Waals surface area (Å²) in [5, 5.41) is 9.26. The number of carbonyl (C=O) groups excluding carboxylic acids is 2. The Balaban J connectivity index is 2.36. The standard InChI is InChI=1S/C13H20N4O3/c1-9-10(7-15-16-9)11(18)17-6-4-5-13(17,8-20-3)12(19)14-2/h7H,4-6,8H2,1-3H3,(H,14,19)(H,15,16). The topological polar surface area (TPSA) is 87.3 Å². The van der Waals surface area contributed by atoms with E-state index in [-0.39, 0.29) is 18.4 Å². The van der Waals surface area contributed by atoms with Crippen LogP contribution in [0.15, 0.2) is 6.20 Å². The molecule has 0 spiro atoms. The van der Waals surface area contributed by atoms with E-state index in [1.165, 1.54) is 13.3 Å². The largest absolute Gasteiger partial charge is 0.382 e. The predicted octanol–water partition coefficient (Wildman–Crippen LogP) is 0.0853. The highest BCUT2D eigenvalue weighted by Crippen LogP contribution is 2.32. The van der Waals surface area contributed by atoms with Gasteiger partial charge in [0.25, 0.3) is 5.91 Å². The van der Waals surface area contributed by atoms with Crippen molar-refractivity contribution in [3.63, 3.8) is 0 Å². The highest BCUT2D eigenvalue weighted by molar-refractivity contribution is 6.00. The van der Waals surface area contributed by atoms with Gasteiger partial charge in [0.15, 0.2) is 0 Å². The van der Waals surface area contributed by atoms with Crippen LogP contribution in [0.5, 0.6) is 0 Å². The number of H-pyrrole nitrogens is 1. The summed E-state index contributed by atoms with van der Waals surface area (Å²) in [4.78, 5) is 26.6. The van der Waals surface area contributed by atoms with Crippen molar-refractivity contribution in [3.05, 3.63) is 17.5 Å². The number of hydrogen-bond acceptors (Lipinski definition) is 4. The van der Waals surface area contributed by atoms with Crippen LogP contribution >= 0.6 is 0 Å². The maximum absolute atomic E-state index is 12.7. The molecule has 2 rings (SSSR count). The minimum atomic E-state index is -0.926. The summed E-state index contributed by atoms with van der Waals surface area (Å²) >= 11 is 0. The summed E-state index contributed by atoms with van der Waals surface area (Å²) in [7, 11) is 3.11. The number of rotatable bonds is 4. The molecule has 0 radical (unpaired) electrons. The van der Waals surface area contributed by atoms with E-state index in [1.54, 1.807) is 18.9 Å². The van der Waals surface area contributed by atoms with Gasteiger partial charge in [-0.3, -0.25) is 14.7 Å². The Bertz CT molecular complexity index is 513. The average Bonchev–Trinajstić information content (AvgIpc) is 3.04. The van der Waals surface area contributed by atoms with E-state index in [9.17, 15) is 9.59 Å². The lowest BCUT2D eigenvalue weighted by atomic mass is 9.95. The highest BCUT2D eigenvalue weighted by Gasteiger charge is 2.49. The van der Waals surface area contributed by atoms with Gasteiger partial charge < -0.3 is 15.0 Å². The van der Waals surface area contributed by atoms with Gasteiger partial charge in [-0.05, 0) is 19.8 Å². The molecule has 1 aromatic rings. The molecular weight excluding hydrogens is 260 g/mol. The molecule has 2 amide bonds. The minimum absolute atomic E-state index is 0.186.